The fraction of sp³-hybridized carbons (Fsp3) is 0.300. The van der Waals surface area contributed by atoms with E-state index in [-0.39, 0.29) is 0 Å². The van der Waals surface area contributed by atoms with E-state index in [0.29, 0.717) is 64.9 Å². The Morgan fingerprint density at radius 3 is 2.40 bits per heavy atom. The minimum Gasteiger partial charge on any atom is -0.334 e. The number of sulfonamides is 1. The quantitative estimate of drug-likeness (QED) is 0.567. The van der Waals surface area contributed by atoms with Gasteiger partial charge < -0.3 is 4.52 Å². The maximum absolute atomic E-state index is 12.8. The van der Waals surface area contributed by atoms with Gasteiger partial charge in [-0.05, 0) is 37.3 Å². The third kappa shape index (κ3) is 4.53. The minimum absolute atomic E-state index is 0.323. The molecule has 0 unspecified atom stereocenters. The number of nitrogens with zero attached hydrogens (tertiary/aromatic N) is 4. The summed E-state index contributed by atoms with van der Waals surface area (Å²) in [6.07, 6.45) is 0. The van der Waals surface area contributed by atoms with Gasteiger partial charge in [-0.1, -0.05) is 46.1 Å². The molecule has 30 heavy (non-hydrogen) atoms. The van der Waals surface area contributed by atoms with Crippen LogP contribution in [-0.2, 0) is 16.6 Å². The van der Waals surface area contributed by atoms with Gasteiger partial charge in [0.15, 0.2) is 5.82 Å². The van der Waals surface area contributed by atoms with Crippen LogP contribution in [-0.4, -0.2) is 53.9 Å². The standard InChI is InChI=1S/C20H20Cl2N4O3S/c1-14-2-5-16(6-3-14)30(27,28)26-10-8-25(9-11-26)13-19-23-20(29-24-19)17-7-4-15(21)12-18(17)22/h2-7,12H,8-11,13H2,1H3. The maximum atomic E-state index is 12.8. The summed E-state index contributed by atoms with van der Waals surface area (Å²) in [6.45, 7) is 4.37. The summed E-state index contributed by atoms with van der Waals surface area (Å²) in [6, 6.07) is 12.0. The van der Waals surface area contributed by atoms with Crippen molar-refractivity contribution in [1.82, 2.24) is 19.3 Å². The molecule has 10 heteroatoms. The highest BCUT2D eigenvalue weighted by atomic mass is 35.5. The van der Waals surface area contributed by atoms with Gasteiger partial charge in [-0.3, -0.25) is 4.90 Å². The molecule has 0 saturated carbocycles. The van der Waals surface area contributed by atoms with E-state index in [9.17, 15) is 8.42 Å². The van der Waals surface area contributed by atoms with Crippen LogP contribution >= 0.6 is 23.2 Å². The van der Waals surface area contributed by atoms with Gasteiger partial charge in [0.1, 0.15) is 0 Å². The third-order valence-corrected chi connectivity index (χ3v) is 7.45. The van der Waals surface area contributed by atoms with Crippen molar-refractivity contribution in [3.63, 3.8) is 0 Å². The van der Waals surface area contributed by atoms with Gasteiger partial charge in [0.25, 0.3) is 5.89 Å². The molecular weight excluding hydrogens is 447 g/mol. The zero-order valence-corrected chi connectivity index (χ0v) is 18.6. The lowest BCUT2D eigenvalue weighted by Gasteiger charge is -2.33. The summed E-state index contributed by atoms with van der Waals surface area (Å²) in [5, 5.41) is 4.99. The summed E-state index contributed by atoms with van der Waals surface area (Å²) in [5.41, 5.74) is 1.65. The van der Waals surface area contributed by atoms with E-state index in [1.165, 1.54) is 4.31 Å². The second kappa shape index (κ2) is 8.64. The Bertz CT molecular complexity index is 1140. The Labute approximate surface area is 185 Å². The van der Waals surface area contributed by atoms with Crippen molar-refractivity contribution in [3.05, 3.63) is 63.9 Å². The molecule has 0 amide bonds. The Morgan fingerprint density at radius 2 is 1.73 bits per heavy atom. The summed E-state index contributed by atoms with van der Waals surface area (Å²) in [7, 11) is -3.48. The number of aromatic nitrogens is 2. The van der Waals surface area contributed by atoms with Crippen molar-refractivity contribution < 1.29 is 12.9 Å². The fourth-order valence-electron chi connectivity index (χ4n) is 3.28. The van der Waals surface area contributed by atoms with Crippen LogP contribution in [0.3, 0.4) is 0 Å². The van der Waals surface area contributed by atoms with Crippen molar-refractivity contribution >= 4 is 33.2 Å². The second-order valence-corrected chi connectivity index (χ2v) is 9.91. The number of aryl methyl sites for hydroxylation is 1. The predicted molar refractivity (Wildman–Crippen MR) is 115 cm³/mol. The molecule has 1 aromatic heterocycles. The van der Waals surface area contributed by atoms with Crippen molar-refractivity contribution in [2.75, 3.05) is 26.2 Å². The first-order valence-corrected chi connectivity index (χ1v) is 11.6. The van der Waals surface area contributed by atoms with Gasteiger partial charge in [-0.15, -0.1) is 0 Å². The Hall–Kier alpha value is -1.97. The molecule has 158 valence electrons. The zero-order chi connectivity index (χ0) is 21.3. The van der Waals surface area contributed by atoms with Crippen LogP contribution in [0, 0.1) is 6.92 Å². The van der Waals surface area contributed by atoms with Crippen molar-refractivity contribution in [2.45, 2.75) is 18.4 Å². The van der Waals surface area contributed by atoms with Gasteiger partial charge in [0, 0.05) is 31.2 Å². The van der Waals surface area contributed by atoms with Crippen molar-refractivity contribution in [3.8, 4) is 11.5 Å². The Kier molecular flexibility index (Phi) is 6.13. The molecule has 0 radical (unpaired) electrons. The predicted octanol–water partition coefficient (Wildman–Crippen LogP) is 3.86. The number of benzene rings is 2. The zero-order valence-electron chi connectivity index (χ0n) is 16.3. The van der Waals surface area contributed by atoms with Crippen LogP contribution in [0.15, 0.2) is 51.9 Å². The lowest BCUT2D eigenvalue weighted by atomic mass is 10.2. The molecule has 0 aliphatic carbocycles. The first-order chi connectivity index (χ1) is 14.3. The molecule has 1 aliphatic rings. The van der Waals surface area contributed by atoms with Crippen molar-refractivity contribution in [1.29, 1.82) is 0 Å². The highest BCUT2D eigenvalue weighted by molar-refractivity contribution is 7.89. The number of halogens is 2. The summed E-state index contributed by atoms with van der Waals surface area (Å²) in [4.78, 5) is 6.83. The van der Waals surface area contributed by atoms with Crippen LogP contribution in [0.1, 0.15) is 11.4 Å². The third-order valence-electron chi connectivity index (χ3n) is 4.98. The van der Waals surface area contributed by atoms with Gasteiger partial charge in [-0.25, -0.2) is 8.42 Å². The molecular formula is C20H20Cl2N4O3S. The second-order valence-electron chi connectivity index (χ2n) is 7.13. The first kappa shape index (κ1) is 21.3. The van der Waals surface area contributed by atoms with E-state index >= 15 is 0 Å². The molecule has 0 N–H and O–H groups in total. The van der Waals surface area contributed by atoms with Gasteiger partial charge in [0.05, 0.1) is 22.0 Å². The molecule has 1 saturated heterocycles. The van der Waals surface area contributed by atoms with Gasteiger partial charge >= 0.3 is 0 Å². The smallest absolute Gasteiger partial charge is 0.259 e. The van der Waals surface area contributed by atoms with Crippen LogP contribution in [0.25, 0.3) is 11.5 Å². The van der Waals surface area contributed by atoms with E-state index in [1.807, 2.05) is 19.1 Å². The average molecular weight is 467 g/mol. The first-order valence-electron chi connectivity index (χ1n) is 9.40. The molecule has 3 aromatic rings. The maximum Gasteiger partial charge on any atom is 0.259 e. The molecule has 0 bridgehead atoms. The lowest BCUT2D eigenvalue weighted by Crippen LogP contribution is -2.48. The average Bonchev–Trinajstić information content (AvgIpc) is 3.17. The normalized spacial score (nSPS) is 16.1. The number of hydrogen-bond acceptors (Lipinski definition) is 6. The molecule has 7 nitrogen and oxygen atoms in total. The van der Waals surface area contributed by atoms with E-state index in [4.69, 9.17) is 27.7 Å². The summed E-state index contributed by atoms with van der Waals surface area (Å²) >= 11 is 12.1. The number of piperazine rings is 1. The van der Waals surface area contributed by atoms with Gasteiger partial charge in [-0.2, -0.15) is 9.29 Å². The van der Waals surface area contributed by atoms with Crippen LogP contribution in [0.4, 0.5) is 0 Å². The minimum atomic E-state index is -3.48. The highest BCUT2D eigenvalue weighted by Crippen LogP contribution is 2.29. The highest BCUT2D eigenvalue weighted by Gasteiger charge is 2.29. The Morgan fingerprint density at radius 1 is 1.03 bits per heavy atom. The monoisotopic (exact) mass is 466 g/mol. The van der Waals surface area contributed by atoms with Crippen LogP contribution in [0.2, 0.25) is 10.0 Å². The molecule has 2 aromatic carbocycles. The molecule has 1 aliphatic heterocycles. The number of rotatable bonds is 5. The van der Waals surface area contributed by atoms with Crippen LogP contribution < -0.4 is 0 Å². The molecule has 0 spiro atoms. The molecule has 0 atom stereocenters. The summed E-state index contributed by atoms with van der Waals surface area (Å²) in [5.74, 6) is 0.845. The van der Waals surface area contributed by atoms with Gasteiger partial charge in [0.2, 0.25) is 10.0 Å². The molecule has 1 fully saturated rings. The largest absolute Gasteiger partial charge is 0.334 e. The van der Waals surface area contributed by atoms with Crippen LogP contribution in [0.5, 0.6) is 0 Å². The van der Waals surface area contributed by atoms with E-state index in [0.717, 1.165) is 5.56 Å². The topological polar surface area (TPSA) is 79.5 Å². The van der Waals surface area contributed by atoms with E-state index < -0.39 is 10.0 Å². The summed E-state index contributed by atoms with van der Waals surface area (Å²) < 4.78 is 32.5. The van der Waals surface area contributed by atoms with E-state index in [1.54, 1.807) is 30.3 Å². The van der Waals surface area contributed by atoms with E-state index in [2.05, 4.69) is 15.0 Å². The van der Waals surface area contributed by atoms with Crippen molar-refractivity contribution in [2.24, 2.45) is 0 Å². The number of hydrogen-bond donors (Lipinski definition) is 0. The molecule has 4 rings (SSSR count). The Balaban J connectivity index is 1.38. The lowest BCUT2D eigenvalue weighted by molar-refractivity contribution is 0.176. The fourth-order valence-corrected chi connectivity index (χ4v) is 5.19. The SMILES string of the molecule is Cc1ccc(S(=O)(=O)N2CCN(Cc3noc(-c4ccc(Cl)cc4Cl)n3)CC2)cc1. The molecule has 2 heterocycles.